The number of hydrogen-bond donors (Lipinski definition) is 2. The fourth-order valence-electron chi connectivity index (χ4n) is 6.94. The molecular formula is C31H48N4O8. The van der Waals surface area contributed by atoms with Gasteiger partial charge in [-0.15, -0.1) is 13.2 Å². The summed E-state index contributed by atoms with van der Waals surface area (Å²) in [5, 5.41) is 12.2. The Labute approximate surface area is 254 Å². The number of aliphatic hydroxyl groups is 1. The van der Waals surface area contributed by atoms with E-state index in [1.807, 2.05) is 0 Å². The maximum Gasteiger partial charge on any atom is 0.312 e. The fourth-order valence-corrected chi connectivity index (χ4v) is 6.94. The minimum Gasteiger partial charge on any atom is -0.460 e. The van der Waals surface area contributed by atoms with Crippen molar-refractivity contribution < 1.29 is 38.5 Å². The van der Waals surface area contributed by atoms with E-state index in [1.165, 1.54) is 0 Å². The number of esters is 1. The molecule has 4 aliphatic rings. The molecular weight excluding hydrogens is 556 g/mol. The van der Waals surface area contributed by atoms with Crippen molar-refractivity contribution in [2.24, 2.45) is 11.8 Å². The van der Waals surface area contributed by atoms with Gasteiger partial charge in [-0.05, 0) is 39.0 Å². The first-order chi connectivity index (χ1) is 20.8. The van der Waals surface area contributed by atoms with Gasteiger partial charge in [0.25, 0.3) is 0 Å². The Bertz CT molecular complexity index is 1030. The number of rotatable bonds is 17. The maximum absolute atomic E-state index is 14.3. The number of likely N-dealkylation sites (tertiary alicyclic amines) is 1. The summed E-state index contributed by atoms with van der Waals surface area (Å²) in [7, 11) is 0. The number of allylic oxidation sites excluding steroid dienone is 1. The number of carbonyl (C=O) groups excluding carboxylic acids is 4. The number of morpholine rings is 1. The van der Waals surface area contributed by atoms with Crippen molar-refractivity contribution in [2.75, 3.05) is 65.6 Å². The van der Waals surface area contributed by atoms with Crippen LogP contribution in [0.1, 0.15) is 45.4 Å². The lowest BCUT2D eigenvalue weighted by molar-refractivity contribution is -0.159. The lowest BCUT2D eigenvalue weighted by Crippen LogP contribution is -2.57. The van der Waals surface area contributed by atoms with Gasteiger partial charge in [0.2, 0.25) is 17.7 Å². The van der Waals surface area contributed by atoms with Gasteiger partial charge in [-0.1, -0.05) is 12.2 Å². The highest BCUT2D eigenvalue weighted by atomic mass is 16.6. The Morgan fingerprint density at radius 1 is 1.21 bits per heavy atom. The molecule has 0 aliphatic carbocycles. The summed E-state index contributed by atoms with van der Waals surface area (Å²) in [5.41, 5.74) is -1.12. The molecule has 0 aromatic heterocycles. The van der Waals surface area contributed by atoms with E-state index in [9.17, 15) is 24.3 Å². The summed E-state index contributed by atoms with van der Waals surface area (Å²) in [5.74, 6) is -2.86. The number of ether oxygens (including phenoxy) is 3. The highest BCUT2D eigenvalue weighted by Gasteiger charge is 2.75. The first kappa shape index (κ1) is 33.1. The van der Waals surface area contributed by atoms with Gasteiger partial charge in [0.05, 0.1) is 37.7 Å². The average Bonchev–Trinajstić information content (AvgIpc) is 3.65. The molecule has 0 aromatic rings. The summed E-state index contributed by atoms with van der Waals surface area (Å²) in [6.45, 7) is 13.9. The molecule has 0 saturated carbocycles. The number of nitrogens with zero attached hydrogens (tertiary/aromatic N) is 3. The number of unbranched alkanes of at least 4 members (excludes halogenated alkanes) is 1. The van der Waals surface area contributed by atoms with Gasteiger partial charge in [0, 0.05) is 52.3 Å². The zero-order valence-corrected chi connectivity index (χ0v) is 25.4. The monoisotopic (exact) mass is 604 g/mol. The first-order valence-corrected chi connectivity index (χ1v) is 15.6. The molecule has 2 bridgehead atoms. The quantitative estimate of drug-likeness (QED) is 0.138. The Morgan fingerprint density at radius 2 is 1.98 bits per heavy atom. The third kappa shape index (κ3) is 7.30. The SMILES string of the molecule is C=CCCC(=O)NC[C@@H](C)OC(=O)[C@@H]1[C@H]2C(=O)N(CCCCO)[C@H](C(=O)N(CC=C)CCN3CCOCC3)[C@]23CC[C@H]1O3. The number of carbonyl (C=O) groups is 4. The van der Waals surface area contributed by atoms with Crippen molar-refractivity contribution in [1.29, 1.82) is 0 Å². The summed E-state index contributed by atoms with van der Waals surface area (Å²) in [6, 6.07) is -0.877. The van der Waals surface area contributed by atoms with Crippen LogP contribution in [0.25, 0.3) is 0 Å². The molecule has 0 aromatic carbocycles. The third-order valence-electron chi connectivity index (χ3n) is 9.04. The van der Waals surface area contributed by atoms with E-state index in [-0.39, 0.29) is 37.4 Å². The lowest BCUT2D eigenvalue weighted by Gasteiger charge is -2.37. The molecule has 4 saturated heterocycles. The smallest absolute Gasteiger partial charge is 0.312 e. The first-order valence-electron chi connectivity index (χ1n) is 15.6. The Hall–Kier alpha value is -2.80. The van der Waals surface area contributed by atoms with Gasteiger partial charge in [0.15, 0.2) is 0 Å². The van der Waals surface area contributed by atoms with Crippen LogP contribution in [0.2, 0.25) is 0 Å². The summed E-state index contributed by atoms with van der Waals surface area (Å²) >= 11 is 0. The van der Waals surface area contributed by atoms with Crippen molar-refractivity contribution >= 4 is 23.7 Å². The topological polar surface area (TPSA) is 138 Å². The van der Waals surface area contributed by atoms with E-state index in [4.69, 9.17) is 14.2 Å². The molecule has 4 aliphatic heterocycles. The largest absolute Gasteiger partial charge is 0.460 e. The van der Waals surface area contributed by atoms with Gasteiger partial charge in [-0.3, -0.25) is 24.1 Å². The number of aliphatic hydroxyl groups excluding tert-OH is 1. The van der Waals surface area contributed by atoms with Crippen LogP contribution in [-0.2, 0) is 33.4 Å². The predicted octanol–water partition coefficient (Wildman–Crippen LogP) is 0.494. The number of hydrogen-bond acceptors (Lipinski definition) is 9. The fraction of sp³-hybridized carbons (Fsp3) is 0.742. The lowest BCUT2D eigenvalue weighted by atomic mass is 9.70. The highest BCUT2D eigenvalue weighted by Crippen LogP contribution is 2.58. The number of fused-ring (bicyclic) bond motifs is 1. The average molecular weight is 605 g/mol. The molecule has 0 unspecified atom stereocenters. The Morgan fingerprint density at radius 3 is 2.67 bits per heavy atom. The zero-order valence-electron chi connectivity index (χ0n) is 25.4. The van der Waals surface area contributed by atoms with Crippen LogP contribution < -0.4 is 5.32 Å². The van der Waals surface area contributed by atoms with E-state index >= 15 is 0 Å². The maximum atomic E-state index is 14.3. The minimum atomic E-state index is -1.12. The van der Waals surface area contributed by atoms with E-state index < -0.39 is 41.7 Å². The van der Waals surface area contributed by atoms with Crippen molar-refractivity contribution in [3.05, 3.63) is 25.3 Å². The summed E-state index contributed by atoms with van der Waals surface area (Å²) < 4.78 is 17.7. The van der Waals surface area contributed by atoms with Crippen LogP contribution >= 0.6 is 0 Å². The molecule has 1 spiro atoms. The van der Waals surface area contributed by atoms with E-state index in [1.54, 1.807) is 28.9 Å². The molecule has 240 valence electrons. The van der Waals surface area contributed by atoms with Gasteiger partial charge in [-0.25, -0.2) is 0 Å². The van der Waals surface area contributed by atoms with Crippen LogP contribution in [0.3, 0.4) is 0 Å². The van der Waals surface area contributed by atoms with Crippen molar-refractivity contribution in [2.45, 2.75) is 69.3 Å². The Balaban J connectivity index is 1.51. The van der Waals surface area contributed by atoms with Crippen LogP contribution in [0.15, 0.2) is 25.3 Å². The second-order valence-corrected chi connectivity index (χ2v) is 11.9. The standard InChI is InChI=1S/C31H48N4O8/c1-4-6-9-24(37)32-21-22(3)42-30(40)25-23-10-11-31(43-23)26(25)28(38)35(13-7-8-18-36)27(31)29(39)34(12-5-2)15-14-33-16-19-41-20-17-33/h4-5,22-23,25-27,36H,1-2,6-21H2,3H3,(H,32,37)/t22-,23-,25+,26+,27-,31+/m1/s1. The molecule has 0 radical (unpaired) electrons. The molecule has 2 N–H and O–H groups in total. The van der Waals surface area contributed by atoms with Gasteiger partial charge < -0.3 is 34.4 Å². The molecule has 12 nitrogen and oxygen atoms in total. The van der Waals surface area contributed by atoms with Gasteiger partial charge in [0.1, 0.15) is 17.7 Å². The molecule has 3 amide bonds. The van der Waals surface area contributed by atoms with Crippen molar-refractivity contribution in [3.8, 4) is 0 Å². The van der Waals surface area contributed by atoms with E-state index in [2.05, 4.69) is 23.4 Å². The number of amides is 3. The van der Waals surface area contributed by atoms with Crippen LogP contribution in [-0.4, -0.2) is 133 Å². The molecule has 4 rings (SSSR count). The number of nitrogens with one attached hydrogen (secondary N) is 1. The van der Waals surface area contributed by atoms with Crippen molar-refractivity contribution in [1.82, 2.24) is 20.0 Å². The van der Waals surface area contributed by atoms with Gasteiger partial charge >= 0.3 is 5.97 Å². The summed E-state index contributed by atoms with van der Waals surface area (Å²) in [6.07, 6.45) is 5.12. The second kappa shape index (κ2) is 15.3. The van der Waals surface area contributed by atoms with E-state index in [0.717, 1.165) is 13.1 Å². The van der Waals surface area contributed by atoms with Crippen LogP contribution in [0.5, 0.6) is 0 Å². The predicted molar refractivity (Wildman–Crippen MR) is 158 cm³/mol. The molecule has 4 heterocycles. The highest BCUT2D eigenvalue weighted by molar-refractivity contribution is 5.98. The minimum absolute atomic E-state index is 0.0209. The molecule has 43 heavy (non-hydrogen) atoms. The van der Waals surface area contributed by atoms with Crippen LogP contribution in [0, 0.1) is 11.8 Å². The second-order valence-electron chi connectivity index (χ2n) is 11.9. The molecule has 6 atom stereocenters. The normalized spacial score (nSPS) is 28.8. The van der Waals surface area contributed by atoms with Gasteiger partial charge in [-0.2, -0.15) is 0 Å². The van der Waals surface area contributed by atoms with E-state index in [0.29, 0.717) is 71.4 Å². The molecule has 12 heteroatoms. The van der Waals surface area contributed by atoms with Crippen molar-refractivity contribution in [3.63, 3.8) is 0 Å². The van der Waals surface area contributed by atoms with Crippen LogP contribution in [0.4, 0.5) is 0 Å². The third-order valence-corrected chi connectivity index (χ3v) is 9.04. The Kier molecular flexibility index (Phi) is 11.8. The zero-order chi connectivity index (χ0) is 31.0. The molecule has 4 fully saturated rings. The summed E-state index contributed by atoms with van der Waals surface area (Å²) in [4.78, 5) is 59.5.